The Morgan fingerprint density at radius 3 is 2.50 bits per heavy atom. The molecule has 1 heterocycles. The highest BCUT2D eigenvalue weighted by Gasteiger charge is 1.97. The standard InChI is InChI=1S/C5H4N3.C2H4O2/c6-8-5-3-1-2-4-7-5;1-2(3)4/h1-4H;1H3,(H,3,4)/q+1;/p-1. The van der Waals surface area contributed by atoms with Gasteiger partial charge in [0.1, 0.15) is 6.20 Å². The molecule has 0 saturated carbocycles. The predicted octanol–water partition coefficient (Wildman–Crippen LogP) is 0.322. The van der Waals surface area contributed by atoms with Crippen molar-refractivity contribution in [3.05, 3.63) is 29.4 Å². The van der Waals surface area contributed by atoms with E-state index >= 15 is 0 Å². The lowest BCUT2D eigenvalue weighted by atomic mass is 10.5. The van der Waals surface area contributed by atoms with Crippen LogP contribution in [0.5, 0.6) is 0 Å². The molecule has 0 aliphatic heterocycles. The second kappa shape index (κ2) is 5.80. The summed E-state index contributed by atoms with van der Waals surface area (Å²) in [7, 11) is 0. The number of carboxylic acid groups (broad SMARTS) is 1. The summed E-state index contributed by atoms with van der Waals surface area (Å²) >= 11 is 0. The van der Waals surface area contributed by atoms with Crippen molar-refractivity contribution in [1.82, 2.24) is 4.98 Å². The number of pyridine rings is 1. The Morgan fingerprint density at radius 1 is 1.67 bits per heavy atom. The fourth-order valence-corrected chi connectivity index (χ4v) is 0.413. The van der Waals surface area contributed by atoms with Crippen molar-refractivity contribution in [2.75, 3.05) is 0 Å². The number of rotatable bonds is 0. The average Bonchev–Trinajstić information content (AvgIpc) is 2.05. The van der Waals surface area contributed by atoms with Gasteiger partial charge in [0.15, 0.2) is 0 Å². The van der Waals surface area contributed by atoms with Crippen LogP contribution in [0.2, 0.25) is 0 Å². The first-order valence-corrected chi connectivity index (χ1v) is 3.10. The number of carbonyl (C=O) groups excluding carboxylic acids is 1. The molecule has 0 aliphatic rings. The van der Waals surface area contributed by atoms with Crippen LogP contribution < -0.4 is 5.11 Å². The molecule has 1 aromatic heterocycles. The molecule has 0 amide bonds. The van der Waals surface area contributed by atoms with Crippen LogP contribution in [0.3, 0.4) is 0 Å². The predicted molar refractivity (Wildman–Crippen MR) is 39.7 cm³/mol. The lowest BCUT2D eigenvalue weighted by Crippen LogP contribution is -2.16. The van der Waals surface area contributed by atoms with Gasteiger partial charge in [-0.25, -0.2) is 0 Å². The molecule has 0 bridgehead atoms. The number of hydrogen-bond acceptors (Lipinski definition) is 4. The quantitative estimate of drug-likeness (QED) is 0.518. The van der Waals surface area contributed by atoms with Gasteiger partial charge in [0.2, 0.25) is 0 Å². The van der Waals surface area contributed by atoms with Gasteiger partial charge in [-0.15, -0.1) is 0 Å². The van der Waals surface area contributed by atoms with E-state index < -0.39 is 5.97 Å². The van der Waals surface area contributed by atoms with E-state index in [0.29, 0.717) is 5.82 Å². The zero-order chi connectivity index (χ0) is 9.40. The van der Waals surface area contributed by atoms with Gasteiger partial charge in [-0.3, -0.25) is 0 Å². The zero-order valence-corrected chi connectivity index (χ0v) is 6.47. The van der Waals surface area contributed by atoms with E-state index in [1.807, 2.05) is 0 Å². The van der Waals surface area contributed by atoms with Crippen molar-refractivity contribution in [2.45, 2.75) is 6.92 Å². The van der Waals surface area contributed by atoms with Gasteiger partial charge in [0.25, 0.3) is 0 Å². The number of diazo groups is 1. The van der Waals surface area contributed by atoms with Gasteiger partial charge in [0, 0.05) is 10.9 Å². The Bertz CT molecular complexity index is 274. The van der Waals surface area contributed by atoms with Gasteiger partial charge in [-0.1, -0.05) is 0 Å². The van der Waals surface area contributed by atoms with Crippen molar-refractivity contribution in [3.63, 3.8) is 0 Å². The van der Waals surface area contributed by atoms with Crippen LogP contribution in [0.15, 0.2) is 24.4 Å². The Labute approximate surface area is 69.3 Å². The average molecular weight is 165 g/mol. The Kier molecular flexibility index (Phi) is 4.85. The molecule has 1 rings (SSSR count). The van der Waals surface area contributed by atoms with Crippen molar-refractivity contribution in [3.8, 4) is 0 Å². The Morgan fingerprint density at radius 2 is 2.25 bits per heavy atom. The molecule has 5 heteroatoms. The Balaban J connectivity index is 0.000000261. The molecule has 0 N–H and O–H groups in total. The number of hydrogen-bond donors (Lipinski definition) is 0. The van der Waals surface area contributed by atoms with Crippen LogP contribution in [-0.4, -0.2) is 11.0 Å². The topological polar surface area (TPSA) is 81.2 Å². The van der Waals surface area contributed by atoms with E-state index in [9.17, 15) is 0 Å². The fourth-order valence-electron chi connectivity index (χ4n) is 0.413. The highest BCUT2D eigenvalue weighted by molar-refractivity contribution is 5.60. The first-order chi connectivity index (χ1) is 5.66. The van der Waals surface area contributed by atoms with Crippen molar-refractivity contribution in [1.29, 1.82) is 5.39 Å². The molecule has 62 valence electrons. The second-order valence-corrected chi connectivity index (χ2v) is 1.78. The van der Waals surface area contributed by atoms with Gasteiger partial charge < -0.3 is 9.90 Å². The van der Waals surface area contributed by atoms with E-state index in [-0.39, 0.29) is 0 Å². The van der Waals surface area contributed by atoms with Crippen LogP contribution in [-0.2, 0) is 4.79 Å². The molecule has 0 atom stereocenters. The zero-order valence-electron chi connectivity index (χ0n) is 6.47. The first kappa shape index (κ1) is 10.0. The summed E-state index contributed by atoms with van der Waals surface area (Å²) in [6.07, 6.45) is 1.56. The van der Waals surface area contributed by atoms with Gasteiger partial charge in [-0.2, -0.15) is 0 Å². The molecule has 12 heavy (non-hydrogen) atoms. The lowest BCUT2D eigenvalue weighted by Gasteiger charge is -1.77. The molecule has 0 aromatic carbocycles. The summed E-state index contributed by atoms with van der Waals surface area (Å²) in [5.41, 5.74) is 0. The lowest BCUT2D eigenvalue weighted by molar-refractivity contribution is -0.302. The molecular formula is C7H7N3O2. The highest BCUT2D eigenvalue weighted by Crippen LogP contribution is 2.01. The van der Waals surface area contributed by atoms with Crippen LogP contribution in [0.4, 0.5) is 5.82 Å². The highest BCUT2D eigenvalue weighted by atomic mass is 16.4. The molecule has 0 aliphatic carbocycles. The number of carbonyl (C=O) groups is 1. The summed E-state index contributed by atoms with van der Waals surface area (Å²) < 4.78 is 0. The van der Waals surface area contributed by atoms with Gasteiger partial charge >= 0.3 is 5.82 Å². The van der Waals surface area contributed by atoms with Gasteiger partial charge in [-0.05, 0) is 24.0 Å². The summed E-state index contributed by atoms with van der Waals surface area (Å²) in [6, 6.07) is 5.12. The largest absolute Gasteiger partial charge is 0.550 e. The third-order valence-electron chi connectivity index (χ3n) is 0.752. The molecule has 0 spiro atoms. The van der Waals surface area contributed by atoms with E-state index in [1.165, 1.54) is 0 Å². The number of aliphatic carboxylic acids is 1. The van der Waals surface area contributed by atoms with E-state index in [4.69, 9.17) is 15.3 Å². The van der Waals surface area contributed by atoms with Crippen molar-refractivity contribution >= 4 is 11.8 Å². The minimum absolute atomic E-state index is 0.340. The SMILES string of the molecule is CC(=O)[O-].N#[N+]c1ccccn1. The summed E-state index contributed by atoms with van der Waals surface area (Å²) in [5.74, 6) is -0.743. The second-order valence-electron chi connectivity index (χ2n) is 1.78. The fraction of sp³-hybridized carbons (Fsp3) is 0.143. The number of aromatic nitrogens is 1. The van der Waals surface area contributed by atoms with Crippen LogP contribution >= 0.6 is 0 Å². The van der Waals surface area contributed by atoms with Gasteiger partial charge in [0.05, 0.1) is 11.5 Å². The Hall–Kier alpha value is -1.96. The molecule has 1 aromatic rings. The molecule has 5 nitrogen and oxygen atoms in total. The molecule has 0 saturated heterocycles. The summed E-state index contributed by atoms with van der Waals surface area (Å²) in [6.45, 7) is 0.972. The van der Waals surface area contributed by atoms with Crippen LogP contribution in [0, 0.1) is 5.39 Å². The summed E-state index contributed by atoms with van der Waals surface area (Å²) in [5, 5.41) is 17.0. The third kappa shape index (κ3) is 6.16. The van der Waals surface area contributed by atoms with Crippen LogP contribution in [0.1, 0.15) is 6.92 Å². The first-order valence-electron chi connectivity index (χ1n) is 3.10. The summed E-state index contributed by atoms with van der Waals surface area (Å²) in [4.78, 5) is 15.4. The van der Waals surface area contributed by atoms with E-state index in [0.717, 1.165) is 6.92 Å². The maximum atomic E-state index is 8.89. The smallest absolute Gasteiger partial charge is 0.464 e. The number of nitrogens with zero attached hydrogens (tertiary/aromatic N) is 3. The molecule has 0 radical (unpaired) electrons. The van der Waals surface area contributed by atoms with E-state index in [2.05, 4.69) is 9.96 Å². The molecule has 0 fully saturated rings. The minimum atomic E-state index is -1.08. The van der Waals surface area contributed by atoms with Crippen molar-refractivity contribution in [2.24, 2.45) is 0 Å². The normalized spacial score (nSPS) is 7.33. The maximum absolute atomic E-state index is 8.89. The number of carboxylic acids is 1. The monoisotopic (exact) mass is 165 g/mol. The van der Waals surface area contributed by atoms with Crippen LogP contribution in [0.25, 0.3) is 4.98 Å². The minimum Gasteiger partial charge on any atom is -0.550 e. The maximum Gasteiger partial charge on any atom is 0.464 e. The molecule has 0 unspecified atom stereocenters. The van der Waals surface area contributed by atoms with E-state index in [1.54, 1.807) is 24.4 Å². The van der Waals surface area contributed by atoms with Crippen molar-refractivity contribution < 1.29 is 9.90 Å². The third-order valence-corrected chi connectivity index (χ3v) is 0.752. The molecular weight excluding hydrogens is 158 g/mol.